The van der Waals surface area contributed by atoms with Gasteiger partial charge >= 0.3 is 0 Å². The van der Waals surface area contributed by atoms with Gasteiger partial charge in [0.1, 0.15) is 5.84 Å². The molecule has 9 nitrogen and oxygen atoms in total. The molecule has 0 unspecified atom stereocenters. The fraction of sp³-hybridized carbons (Fsp3) is 0.312. The van der Waals surface area contributed by atoms with Crippen LogP contribution in [-0.4, -0.2) is 60.4 Å². The Morgan fingerprint density at radius 2 is 1.96 bits per heavy atom. The molecule has 2 heterocycles. The van der Waals surface area contributed by atoms with Gasteiger partial charge in [0.25, 0.3) is 5.95 Å². The van der Waals surface area contributed by atoms with E-state index in [4.69, 9.17) is 15.9 Å². The SMILES string of the molecule is CN(c1ccccc1)c1nc(/N=C(\N)C=N)nc(N2CCOCC2)n1. The van der Waals surface area contributed by atoms with Crippen molar-refractivity contribution in [3.63, 3.8) is 0 Å². The Kier molecular flexibility index (Phi) is 5.14. The molecule has 1 aromatic carbocycles. The fourth-order valence-corrected chi connectivity index (χ4v) is 2.36. The molecular formula is C16H20N8O. The molecule has 9 heteroatoms. The van der Waals surface area contributed by atoms with Gasteiger partial charge in [-0.15, -0.1) is 0 Å². The number of benzene rings is 1. The van der Waals surface area contributed by atoms with Crippen LogP contribution < -0.4 is 15.5 Å². The Morgan fingerprint density at radius 1 is 1.24 bits per heavy atom. The first-order valence-corrected chi connectivity index (χ1v) is 7.89. The van der Waals surface area contributed by atoms with Crippen LogP contribution in [0.4, 0.5) is 23.5 Å². The number of aliphatic imine (C=N–C) groups is 1. The van der Waals surface area contributed by atoms with Crippen molar-refractivity contribution >= 4 is 35.6 Å². The van der Waals surface area contributed by atoms with E-state index in [1.807, 2.05) is 47.2 Å². The summed E-state index contributed by atoms with van der Waals surface area (Å²) in [6.45, 7) is 2.64. The summed E-state index contributed by atoms with van der Waals surface area (Å²) in [6.07, 6.45) is 0.957. The van der Waals surface area contributed by atoms with Crippen molar-refractivity contribution < 1.29 is 4.74 Å². The number of ether oxygens (including phenoxy) is 1. The van der Waals surface area contributed by atoms with E-state index in [-0.39, 0.29) is 11.8 Å². The number of morpholine rings is 1. The number of amidine groups is 1. The van der Waals surface area contributed by atoms with E-state index in [2.05, 4.69) is 19.9 Å². The number of hydrogen-bond acceptors (Lipinski definition) is 8. The molecular weight excluding hydrogens is 320 g/mol. The highest BCUT2D eigenvalue weighted by Gasteiger charge is 2.18. The lowest BCUT2D eigenvalue weighted by Crippen LogP contribution is -2.37. The molecule has 1 aliphatic heterocycles. The molecule has 25 heavy (non-hydrogen) atoms. The monoisotopic (exact) mass is 340 g/mol. The first-order valence-electron chi connectivity index (χ1n) is 7.89. The largest absolute Gasteiger partial charge is 0.382 e. The van der Waals surface area contributed by atoms with Crippen molar-refractivity contribution in [1.29, 1.82) is 5.41 Å². The molecule has 0 bridgehead atoms. The molecule has 0 radical (unpaired) electrons. The van der Waals surface area contributed by atoms with E-state index in [0.717, 1.165) is 11.9 Å². The van der Waals surface area contributed by atoms with Crippen LogP contribution in [0.5, 0.6) is 0 Å². The van der Waals surface area contributed by atoms with Crippen LogP contribution in [-0.2, 0) is 4.74 Å². The number of nitrogens with zero attached hydrogens (tertiary/aromatic N) is 6. The van der Waals surface area contributed by atoms with Gasteiger partial charge in [-0.3, -0.25) is 0 Å². The Hall–Kier alpha value is -3.07. The molecule has 3 N–H and O–H groups in total. The van der Waals surface area contributed by atoms with Gasteiger partial charge in [-0.25, -0.2) is 0 Å². The van der Waals surface area contributed by atoms with E-state index >= 15 is 0 Å². The highest BCUT2D eigenvalue weighted by Crippen LogP contribution is 2.24. The van der Waals surface area contributed by atoms with E-state index in [0.29, 0.717) is 38.2 Å². The number of nitrogens with one attached hydrogen (secondary N) is 1. The van der Waals surface area contributed by atoms with Crippen LogP contribution in [0.3, 0.4) is 0 Å². The number of nitrogens with two attached hydrogens (primary N) is 1. The number of rotatable bonds is 5. The van der Waals surface area contributed by atoms with Crippen molar-refractivity contribution in [2.75, 3.05) is 43.2 Å². The van der Waals surface area contributed by atoms with Crippen LogP contribution in [0, 0.1) is 5.41 Å². The van der Waals surface area contributed by atoms with Gasteiger partial charge in [0.05, 0.1) is 19.4 Å². The van der Waals surface area contributed by atoms with Gasteiger partial charge in [0, 0.05) is 25.8 Å². The van der Waals surface area contributed by atoms with Gasteiger partial charge < -0.3 is 25.7 Å². The average Bonchev–Trinajstić information content (AvgIpc) is 2.68. The van der Waals surface area contributed by atoms with Crippen LogP contribution in [0.15, 0.2) is 35.3 Å². The molecule has 0 aliphatic carbocycles. The first kappa shape index (κ1) is 16.8. The molecule has 0 amide bonds. The Labute approximate surface area is 145 Å². The van der Waals surface area contributed by atoms with E-state index in [1.165, 1.54) is 0 Å². The summed E-state index contributed by atoms with van der Waals surface area (Å²) in [5.74, 6) is 1.19. The molecule has 2 aromatic rings. The maximum Gasteiger partial charge on any atom is 0.258 e. The summed E-state index contributed by atoms with van der Waals surface area (Å²) in [5.41, 5.74) is 6.57. The van der Waals surface area contributed by atoms with Crippen LogP contribution in [0.25, 0.3) is 0 Å². The van der Waals surface area contributed by atoms with Crippen LogP contribution in [0.2, 0.25) is 0 Å². The zero-order valence-electron chi connectivity index (χ0n) is 14.0. The van der Waals surface area contributed by atoms with Gasteiger partial charge in [-0.2, -0.15) is 19.9 Å². The zero-order valence-corrected chi connectivity index (χ0v) is 14.0. The minimum absolute atomic E-state index is 0.0347. The maximum absolute atomic E-state index is 7.19. The van der Waals surface area contributed by atoms with Gasteiger partial charge in [-0.05, 0) is 12.1 Å². The molecule has 0 saturated carbocycles. The minimum Gasteiger partial charge on any atom is -0.382 e. The first-order chi connectivity index (χ1) is 12.2. The molecule has 130 valence electrons. The average molecular weight is 340 g/mol. The molecule has 1 saturated heterocycles. The lowest BCUT2D eigenvalue weighted by molar-refractivity contribution is 0.122. The summed E-state index contributed by atoms with van der Waals surface area (Å²) in [7, 11) is 1.88. The van der Waals surface area contributed by atoms with Gasteiger partial charge in [-0.1, -0.05) is 18.2 Å². The van der Waals surface area contributed by atoms with E-state index < -0.39 is 0 Å². The Balaban J connectivity index is 2.01. The predicted molar refractivity (Wildman–Crippen MR) is 97.4 cm³/mol. The number of anilines is 3. The van der Waals surface area contributed by atoms with Crippen molar-refractivity contribution in [2.45, 2.75) is 0 Å². The third-order valence-electron chi connectivity index (χ3n) is 3.71. The second kappa shape index (κ2) is 7.67. The number of aromatic nitrogens is 3. The summed E-state index contributed by atoms with van der Waals surface area (Å²) in [4.78, 5) is 21.3. The lowest BCUT2D eigenvalue weighted by atomic mass is 10.3. The Morgan fingerprint density at radius 3 is 2.64 bits per heavy atom. The second-order valence-corrected chi connectivity index (χ2v) is 5.41. The molecule has 3 rings (SSSR count). The topological polar surface area (TPSA) is 117 Å². The summed E-state index contributed by atoms with van der Waals surface area (Å²) >= 11 is 0. The highest BCUT2D eigenvalue weighted by molar-refractivity contribution is 6.27. The normalized spacial score (nSPS) is 15.1. The van der Waals surface area contributed by atoms with Crippen LogP contribution >= 0.6 is 0 Å². The fourth-order valence-electron chi connectivity index (χ4n) is 2.36. The predicted octanol–water partition coefficient (Wildman–Crippen LogP) is 1.11. The Bertz CT molecular complexity index is 758. The van der Waals surface area contributed by atoms with E-state index in [1.54, 1.807) is 0 Å². The van der Waals surface area contributed by atoms with Gasteiger partial charge in [0.15, 0.2) is 0 Å². The number of hydrogen-bond donors (Lipinski definition) is 2. The van der Waals surface area contributed by atoms with Gasteiger partial charge in [0.2, 0.25) is 11.9 Å². The number of para-hydroxylation sites is 1. The molecule has 1 fully saturated rings. The minimum atomic E-state index is 0.0347. The van der Waals surface area contributed by atoms with Crippen molar-refractivity contribution in [2.24, 2.45) is 10.7 Å². The molecule has 0 atom stereocenters. The summed E-state index contributed by atoms with van der Waals surface area (Å²) in [5, 5.41) is 7.19. The quantitative estimate of drug-likeness (QED) is 0.618. The highest BCUT2D eigenvalue weighted by atomic mass is 16.5. The van der Waals surface area contributed by atoms with Crippen molar-refractivity contribution in [3.05, 3.63) is 30.3 Å². The molecule has 1 aromatic heterocycles. The second-order valence-electron chi connectivity index (χ2n) is 5.41. The standard InChI is InChI=1S/C16H20N8O/c1-23(12-5-3-2-4-6-12)15-20-14(19-13(18)11-17)21-16(22-15)24-7-9-25-10-8-24/h2-6,11,17H,7-10H2,1H3,(H2,18,19,20,21,22). The molecule has 0 spiro atoms. The lowest BCUT2D eigenvalue weighted by Gasteiger charge is -2.27. The summed E-state index contributed by atoms with van der Waals surface area (Å²) < 4.78 is 5.38. The van der Waals surface area contributed by atoms with E-state index in [9.17, 15) is 0 Å². The van der Waals surface area contributed by atoms with Crippen molar-refractivity contribution in [3.8, 4) is 0 Å². The molecule has 1 aliphatic rings. The van der Waals surface area contributed by atoms with Crippen LogP contribution in [0.1, 0.15) is 0 Å². The third kappa shape index (κ3) is 4.07. The smallest absolute Gasteiger partial charge is 0.258 e. The zero-order chi connectivity index (χ0) is 17.6. The third-order valence-corrected chi connectivity index (χ3v) is 3.71. The maximum atomic E-state index is 7.19. The van der Waals surface area contributed by atoms with Crippen molar-refractivity contribution in [1.82, 2.24) is 15.0 Å². The summed E-state index contributed by atoms with van der Waals surface area (Å²) in [6, 6.07) is 9.77.